The molecule has 3 aromatic heterocycles. The highest BCUT2D eigenvalue weighted by molar-refractivity contribution is 6.04. The fourth-order valence-corrected chi connectivity index (χ4v) is 3.58. The summed E-state index contributed by atoms with van der Waals surface area (Å²) in [4.78, 5) is 19.2. The molecule has 4 heterocycles. The van der Waals surface area contributed by atoms with Gasteiger partial charge in [0.2, 0.25) is 0 Å². The Morgan fingerprint density at radius 3 is 2.90 bits per heavy atom. The number of fused-ring (bicyclic) bond motifs is 1. The molecular formula is C22H20N4O3. The van der Waals surface area contributed by atoms with Gasteiger partial charge < -0.3 is 24.4 Å². The van der Waals surface area contributed by atoms with Crippen LogP contribution < -0.4 is 15.5 Å². The highest BCUT2D eigenvalue weighted by Crippen LogP contribution is 2.28. The van der Waals surface area contributed by atoms with Crippen molar-refractivity contribution in [3.8, 4) is 11.3 Å². The van der Waals surface area contributed by atoms with Crippen molar-refractivity contribution >= 4 is 28.3 Å². The number of nitrogens with one attached hydrogen (secondary N) is 2. The fourth-order valence-electron chi connectivity index (χ4n) is 3.58. The molecule has 0 unspecified atom stereocenters. The van der Waals surface area contributed by atoms with Crippen LogP contribution in [0.5, 0.6) is 0 Å². The topological polar surface area (TPSA) is 83.5 Å². The third kappa shape index (κ3) is 3.48. The molecule has 7 nitrogen and oxygen atoms in total. The molecule has 7 heteroatoms. The summed E-state index contributed by atoms with van der Waals surface area (Å²) in [5, 5.41) is 7.26. The number of furan rings is 2. The molecule has 0 bridgehead atoms. The number of aromatic nitrogens is 1. The lowest BCUT2D eigenvalue weighted by Crippen LogP contribution is -2.43. The smallest absolute Gasteiger partial charge is 0.291 e. The van der Waals surface area contributed by atoms with Crippen LogP contribution in [0.4, 0.5) is 11.4 Å². The van der Waals surface area contributed by atoms with Gasteiger partial charge in [-0.05, 0) is 42.5 Å². The minimum Gasteiger partial charge on any atom is -0.464 e. The molecule has 1 aliphatic rings. The van der Waals surface area contributed by atoms with Crippen LogP contribution in [-0.2, 0) is 0 Å². The highest BCUT2D eigenvalue weighted by atomic mass is 16.4. The third-order valence-electron chi connectivity index (χ3n) is 5.07. The normalized spacial score (nSPS) is 14.3. The van der Waals surface area contributed by atoms with E-state index in [4.69, 9.17) is 8.83 Å². The fraction of sp³-hybridized carbons (Fsp3) is 0.182. The van der Waals surface area contributed by atoms with E-state index in [1.54, 1.807) is 30.8 Å². The molecule has 0 spiro atoms. The van der Waals surface area contributed by atoms with E-state index >= 15 is 0 Å². The van der Waals surface area contributed by atoms with Crippen molar-refractivity contribution in [1.29, 1.82) is 0 Å². The number of amides is 1. The molecule has 4 aromatic rings. The second-order valence-corrected chi connectivity index (χ2v) is 6.92. The molecule has 1 amide bonds. The molecule has 0 aliphatic carbocycles. The van der Waals surface area contributed by atoms with Gasteiger partial charge in [0.05, 0.1) is 23.8 Å². The molecule has 0 radical (unpaired) electrons. The Bertz CT molecular complexity index is 1160. The van der Waals surface area contributed by atoms with Gasteiger partial charge >= 0.3 is 0 Å². The Hall–Kier alpha value is -3.58. The van der Waals surface area contributed by atoms with Gasteiger partial charge in [0.25, 0.3) is 5.91 Å². The van der Waals surface area contributed by atoms with Crippen LogP contribution in [0.3, 0.4) is 0 Å². The van der Waals surface area contributed by atoms with E-state index in [1.807, 2.05) is 30.3 Å². The summed E-state index contributed by atoms with van der Waals surface area (Å²) >= 11 is 0. The van der Waals surface area contributed by atoms with Crippen LogP contribution in [0.1, 0.15) is 10.6 Å². The summed E-state index contributed by atoms with van der Waals surface area (Å²) in [7, 11) is 0. The standard InChI is InChI=1S/C22H20N4O3/c27-22(25-17-14-24-7-5-18(17)26-10-8-23-9-11-26)21-4-3-20(29-21)15-1-2-19-16(13-15)6-12-28-19/h1-7,12-14,23H,8-11H2,(H,25,27). The first kappa shape index (κ1) is 17.5. The molecule has 1 aliphatic heterocycles. The van der Waals surface area contributed by atoms with Gasteiger partial charge in [-0.2, -0.15) is 0 Å². The molecule has 146 valence electrons. The molecular weight excluding hydrogens is 368 g/mol. The molecule has 5 rings (SSSR count). The molecule has 0 saturated carbocycles. The second-order valence-electron chi connectivity index (χ2n) is 6.92. The summed E-state index contributed by atoms with van der Waals surface area (Å²) in [5.74, 6) is 0.583. The quantitative estimate of drug-likeness (QED) is 0.554. The predicted octanol–water partition coefficient (Wildman–Crippen LogP) is 3.75. The van der Waals surface area contributed by atoms with Crippen molar-refractivity contribution in [1.82, 2.24) is 10.3 Å². The minimum absolute atomic E-state index is 0.252. The predicted molar refractivity (Wildman–Crippen MR) is 111 cm³/mol. The lowest BCUT2D eigenvalue weighted by molar-refractivity contribution is 0.0997. The van der Waals surface area contributed by atoms with Gasteiger partial charge in [-0.1, -0.05) is 0 Å². The average Bonchev–Trinajstić information content (AvgIpc) is 3.44. The Kier molecular flexibility index (Phi) is 4.50. The average molecular weight is 388 g/mol. The monoisotopic (exact) mass is 388 g/mol. The van der Waals surface area contributed by atoms with Gasteiger partial charge in [-0.15, -0.1) is 0 Å². The van der Waals surface area contributed by atoms with E-state index < -0.39 is 0 Å². The summed E-state index contributed by atoms with van der Waals surface area (Å²) in [5.41, 5.74) is 3.35. The van der Waals surface area contributed by atoms with E-state index in [2.05, 4.69) is 20.5 Å². The van der Waals surface area contributed by atoms with Crippen LogP contribution in [0.15, 0.2) is 70.0 Å². The first-order valence-corrected chi connectivity index (χ1v) is 9.56. The number of pyridine rings is 1. The van der Waals surface area contributed by atoms with Crippen LogP contribution in [0, 0.1) is 0 Å². The highest BCUT2D eigenvalue weighted by Gasteiger charge is 2.18. The van der Waals surface area contributed by atoms with Crippen molar-refractivity contribution in [3.05, 3.63) is 66.9 Å². The summed E-state index contributed by atoms with van der Waals surface area (Å²) in [6, 6.07) is 13.1. The molecule has 1 aromatic carbocycles. The van der Waals surface area contributed by atoms with Gasteiger partial charge in [-0.25, -0.2) is 0 Å². The number of piperazine rings is 1. The van der Waals surface area contributed by atoms with E-state index in [-0.39, 0.29) is 11.7 Å². The largest absolute Gasteiger partial charge is 0.464 e. The minimum atomic E-state index is -0.301. The SMILES string of the molecule is O=C(Nc1cnccc1N1CCNCC1)c1ccc(-c2ccc3occc3c2)o1. The van der Waals surface area contributed by atoms with Crippen molar-refractivity contribution < 1.29 is 13.6 Å². The van der Waals surface area contributed by atoms with Gasteiger partial charge in [-0.3, -0.25) is 9.78 Å². The van der Waals surface area contributed by atoms with Crippen molar-refractivity contribution in [2.24, 2.45) is 0 Å². The van der Waals surface area contributed by atoms with Crippen LogP contribution in [0.25, 0.3) is 22.3 Å². The number of anilines is 2. The van der Waals surface area contributed by atoms with E-state index in [0.29, 0.717) is 11.4 Å². The zero-order chi connectivity index (χ0) is 19.6. The lowest BCUT2D eigenvalue weighted by atomic mass is 10.1. The van der Waals surface area contributed by atoms with Gasteiger partial charge in [0, 0.05) is 43.3 Å². The van der Waals surface area contributed by atoms with E-state index in [9.17, 15) is 4.79 Å². The van der Waals surface area contributed by atoms with E-state index in [0.717, 1.165) is 48.4 Å². The van der Waals surface area contributed by atoms with Gasteiger partial charge in [0.15, 0.2) is 5.76 Å². The number of carbonyl (C=O) groups is 1. The zero-order valence-electron chi connectivity index (χ0n) is 15.7. The number of carbonyl (C=O) groups excluding carboxylic acids is 1. The Morgan fingerprint density at radius 2 is 2.00 bits per heavy atom. The molecule has 1 saturated heterocycles. The first-order valence-electron chi connectivity index (χ1n) is 9.56. The van der Waals surface area contributed by atoms with E-state index in [1.165, 1.54) is 0 Å². The van der Waals surface area contributed by atoms with Crippen LogP contribution in [-0.4, -0.2) is 37.1 Å². The van der Waals surface area contributed by atoms with Crippen molar-refractivity contribution in [3.63, 3.8) is 0 Å². The maximum atomic E-state index is 12.8. The summed E-state index contributed by atoms with van der Waals surface area (Å²) in [6.45, 7) is 3.60. The number of nitrogens with zero attached hydrogens (tertiary/aromatic N) is 2. The molecule has 2 N–H and O–H groups in total. The van der Waals surface area contributed by atoms with Crippen molar-refractivity contribution in [2.45, 2.75) is 0 Å². The number of benzene rings is 1. The number of hydrogen-bond acceptors (Lipinski definition) is 6. The van der Waals surface area contributed by atoms with Crippen LogP contribution >= 0.6 is 0 Å². The Morgan fingerprint density at radius 1 is 1.10 bits per heavy atom. The maximum absolute atomic E-state index is 12.8. The Balaban J connectivity index is 1.37. The third-order valence-corrected chi connectivity index (χ3v) is 5.07. The summed E-state index contributed by atoms with van der Waals surface area (Å²) < 4.78 is 11.2. The Labute approximate surface area is 167 Å². The molecule has 29 heavy (non-hydrogen) atoms. The molecule has 0 atom stereocenters. The second kappa shape index (κ2) is 7.44. The van der Waals surface area contributed by atoms with Gasteiger partial charge in [0.1, 0.15) is 11.3 Å². The maximum Gasteiger partial charge on any atom is 0.291 e. The lowest BCUT2D eigenvalue weighted by Gasteiger charge is -2.30. The van der Waals surface area contributed by atoms with Crippen molar-refractivity contribution in [2.75, 3.05) is 36.4 Å². The van der Waals surface area contributed by atoms with Crippen LogP contribution in [0.2, 0.25) is 0 Å². The summed E-state index contributed by atoms with van der Waals surface area (Å²) in [6.07, 6.45) is 5.06. The number of hydrogen-bond donors (Lipinski definition) is 2. The number of rotatable bonds is 4. The zero-order valence-corrected chi connectivity index (χ0v) is 15.7. The molecule has 1 fully saturated rings. The first-order chi connectivity index (χ1) is 14.3.